The third-order valence-corrected chi connectivity index (χ3v) is 9.95. The van der Waals surface area contributed by atoms with Crippen LogP contribution in [0, 0.1) is 0 Å². The average Bonchev–Trinajstić information content (AvgIpc) is 3.23. The number of hydrogen-bond acceptors (Lipinski definition) is 7. The van der Waals surface area contributed by atoms with Gasteiger partial charge in [-0.3, -0.25) is 9.59 Å². The number of rotatable bonds is 41. The van der Waals surface area contributed by atoms with Gasteiger partial charge >= 0.3 is 11.9 Å². The Kier molecular flexibility index (Phi) is 40.8. The zero-order chi connectivity index (χ0) is 45.6. The van der Waals surface area contributed by atoms with Gasteiger partial charge in [0.15, 0.2) is 6.10 Å². The van der Waals surface area contributed by atoms with E-state index in [1.165, 1.54) is 32.1 Å². The van der Waals surface area contributed by atoms with E-state index in [2.05, 4.69) is 123 Å². The van der Waals surface area contributed by atoms with Gasteiger partial charge in [0, 0.05) is 19.3 Å². The van der Waals surface area contributed by atoms with Crippen molar-refractivity contribution in [1.82, 2.24) is 0 Å². The number of carbonyl (C=O) groups is 3. The Bertz CT molecular complexity index is 1370. The summed E-state index contributed by atoms with van der Waals surface area (Å²) in [6.45, 7) is 4.43. The van der Waals surface area contributed by atoms with Crippen LogP contribution in [0.3, 0.4) is 0 Å². The van der Waals surface area contributed by atoms with E-state index < -0.39 is 18.1 Å². The standard InChI is InChI=1S/C54H87NO7/c1-6-8-10-12-14-16-18-20-22-24-26-27-29-30-32-34-36-38-40-42-44-52(56)61-49-50(48-60-47-46-51(54(58)59)55(3,4)5)62-53(57)45-43-41-39-37-35-33-31-28-25-23-21-19-17-15-13-11-9-7-2/h8,10,14,16,19-23,25-28,30-32,36,38,50-51H,6-7,9,11-13,15,17-18,24,29,33-35,37,39-49H2,1-5H3/b10-8+,16-14+,21-19+,22-20+,25-23+,27-26+,31-28+,32-30+,38-36+. The summed E-state index contributed by atoms with van der Waals surface area (Å²) in [6, 6.07) is -0.746. The second-order valence-electron chi connectivity index (χ2n) is 16.7. The third kappa shape index (κ3) is 41.3. The normalized spacial score (nSPS) is 13.9. The van der Waals surface area contributed by atoms with Crippen LogP contribution in [0.1, 0.15) is 162 Å². The van der Waals surface area contributed by atoms with Crippen molar-refractivity contribution in [3.8, 4) is 0 Å². The molecule has 0 aromatic carbocycles. The molecule has 0 radical (unpaired) electrons. The van der Waals surface area contributed by atoms with Crippen LogP contribution >= 0.6 is 0 Å². The van der Waals surface area contributed by atoms with Crippen LogP contribution in [0.2, 0.25) is 0 Å². The summed E-state index contributed by atoms with van der Waals surface area (Å²) in [7, 11) is 5.37. The molecule has 0 amide bonds. The Morgan fingerprint density at radius 1 is 0.516 bits per heavy atom. The van der Waals surface area contributed by atoms with Crippen molar-refractivity contribution >= 4 is 17.9 Å². The van der Waals surface area contributed by atoms with Gasteiger partial charge in [-0.05, 0) is 83.5 Å². The van der Waals surface area contributed by atoms with Crippen LogP contribution < -0.4 is 5.11 Å². The molecule has 0 fully saturated rings. The Morgan fingerprint density at radius 2 is 0.984 bits per heavy atom. The van der Waals surface area contributed by atoms with E-state index in [9.17, 15) is 19.5 Å². The minimum Gasteiger partial charge on any atom is -0.544 e. The summed E-state index contributed by atoms with van der Waals surface area (Å²) in [5.74, 6) is -1.85. The quantitative estimate of drug-likeness (QED) is 0.0198. The summed E-state index contributed by atoms with van der Waals surface area (Å²) in [4.78, 5) is 36.9. The smallest absolute Gasteiger partial charge is 0.306 e. The molecule has 350 valence electrons. The maximum absolute atomic E-state index is 12.8. The van der Waals surface area contributed by atoms with Gasteiger partial charge in [-0.2, -0.15) is 0 Å². The first-order valence-electron chi connectivity index (χ1n) is 23.9. The lowest BCUT2D eigenvalue weighted by molar-refractivity contribution is -0.889. The lowest BCUT2D eigenvalue weighted by atomic mass is 10.1. The van der Waals surface area contributed by atoms with Crippen molar-refractivity contribution in [2.24, 2.45) is 0 Å². The van der Waals surface area contributed by atoms with Gasteiger partial charge in [0.2, 0.25) is 0 Å². The van der Waals surface area contributed by atoms with Crippen molar-refractivity contribution < 1.29 is 38.2 Å². The lowest BCUT2D eigenvalue weighted by Crippen LogP contribution is -2.55. The predicted octanol–water partition coefficient (Wildman–Crippen LogP) is 12.3. The fourth-order valence-corrected chi connectivity index (χ4v) is 6.26. The first kappa shape index (κ1) is 58.0. The highest BCUT2D eigenvalue weighted by atomic mass is 16.6. The number of quaternary nitrogens is 1. The van der Waals surface area contributed by atoms with E-state index in [0.717, 1.165) is 89.9 Å². The van der Waals surface area contributed by atoms with Crippen LogP contribution in [0.25, 0.3) is 0 Å². The molecule has 0 aliphatic rings. The molecule has 0 aromatic heterocycles. The van der Waals surface area contributed by atoms with Gasteiger partial charge in [0.25, 0.3) is 0 Å². The van der Waals surface area contributed by atoms with Crippen molar-refractivity contribution in [3.63, 3.8) is 0 Å². The number of hydrogen-bond donors (Lipinski definition) is 0. The molecule has 2 atom stereocenters. The number of carboxylic acids is 1. The van der Waals surface area contributed by atoms with E-state index in [1.807, 2.05) is 0 Å². The Morgan fingerprint density at radius 3 is 1.50 bits per heavy atom. The zero-order valence-corrected chi connectivity index (χ0v) is 39.7. The largest absolute Gasteiger partial charge is 0.544 e. The first-order valence-corrected chi connectivity index (χ1v) is 23.9. The van der Waals surface area contributed by atoms with Crippen molar-refractivity contribution in [2.75, 3.05) is 41.0 Å². The topological polar surface area (TPSA) is 102 Å². The van der Waals surface area contributed by atoms with Crippen LogP contribution in [0.5, 0.6) is 0 Å². The second kappa shape index (κ2) is 43.6. The molecule has 0 aliphatic carbocycles. The van der Waals surface area contributed by atoms with E-state index in [0.29, 0.717) is 6.42 Å². The van der Waals surface area contributed by atoms with Gasteiger partial charge in [-0.15, -0.1) is 0 Å². The molecule has 0 rings (SSSR count). The predicted molar refractivity (Wildman–Crippen MR) is 258 cm³/mol. The fraction of sp³-hybridized carbons (Fsp3) is 0.611. The molecular formula is C54H87NO7. The van der Waals surface area contributed by atoms with Crippen molar-refractivity contribution in [3.05, 3.63) is 109 Å². The van der Waals surface area contributed by atoms with E-state index in [4.69, 9.17) is 14.2 Å². The lowest BCUT2D eigenvalue weighted by Gasteiger charge is -2.34. The Hall–Kier alpha value is -4.01. The number of nitrogens with zero attached hydrogens (tertiary/aromatic N) is 1. The molecule has 0 saturated carbocycles. The van der Waals surface area contributed by atoms with Crippen molar-refractivity contribution in [1.29, 1.82) is 0 Å². The first-order chi connectivity index (χ1) is 30.1. The molecule has 0 N–H and O–H groups in total. The maximum atomic E-state index is 12.8. The van der Waals surface area contributed by atoms with Crippen LogP contribution in [-0.4, -0.2) is 75.5 Å². The summed E-state index contributed by atoms with van der Waals surface area (Å²) in [6.07, 6.45) is 59.8. The fourth-order valence-electron chi connectivity index (χ4n) is 6.26. The Labute approximate surface area is 378 Å². The molecule has 0 heterocycles. The summed E-state index contributed by atoms with van der Waals surface area (Å²) in [5, 5.41) is 11.6. The molecule has 8 heteroatoms. The van der Waals surface area contributed by atoms with Crippen molar-refractivity contribution in [2.45, 2.75) is 174 Å². The van der Waals surface area contributed by atoms with Gasteiger partial charge in [0.05, 0.1) is 40.3 Å². The number of unbranched alkanes of at least 4 members (excludes halogenated alkanes) is 11. The zero-order valence-electron chi connectivity index (χ0n) is 39.7. The average molecular weight is 862 g/mol. The Balaban J connectivity index is 4.47. The molecule has 0 aromatic rings. The van der Waals surface area contributed by atoms with Crippen LogP contribution in [-0.2, 0) is 28.6 Å². The third-order valence-electron chi connectivity index (χ3n) is 9.95. The molecule has 8 nitrogen and oxygen atoms in total. The summed E-state index contributed by atoms with van der Waals surface area (Å²) < 4.78 is 17.1. The minimum atomic E-state index is -1.14. The SMILES string of the molecule is CC/C=C/C/C=C/C/C=C/C/C=C/C/C=C/C/C=C/CCCC(=O)OCC(COCCC(C(=O)[O-])[N+](C)(C)C)OC(=O)CCCCCCC/C=C/C=C/C=C/CCCCCCC. The minimum absolute atomic E-state index is 0.00653. The number of likely N-dealkylation sites (N-methyl/N-ethyl adjacent to an activating group) is 1. The van der Waals surface area contributed by atoms with Gasteiger partial charge in [-0.25, -0.2) is 0 Å². The number of allylic oxidation sites excluding steroid dienone is 18. The molecule has 0 bridgehead atoms. The number of carbonyl (C=O) groups excluding carboxylic acids is 3. The highest BCUT2D eigenvalue weighted by Crippen LogP contribution is 2.12. The number of carboxylic acid groups (broad SMARTS) is 1. The molecule has 2 unspecified atom stereocenters. The monoisotopic (exact) mass is 862 g/mol. The summed E-state index contributed by atoms with van der Waals surface area (Å²) in [5.41, 5.74) is 0. The molecule has 62 heavy (non-hydrogen) atoms. The summed E-state index contributed by atoms with van der Waals surface area (Å²) >= 11 is 0. The van der Waals surface area contributed by atoms with Gasteiger partial charge in [-0.1, -0.05) is 168 Å². The van der Waals surface area contributed by atoms with E-state index in [1.54, 1.807) is 21.1 Å². The molecule has 0 spiro atoms. The molecule has 0 aliphatic heterocycles. The molecular weight excluding hydrogens is 775 g/mol. The van der Waals surface area contributed by atoms with Gasteiger partial charge < -0.3 is 28.6 Å². The number of aliphatic carboxylic acids is 1. The highest BCUT2D eigenvalue weighted by molar-refractivity contribution is 5.70. The molecule has 0 saturated heterocycles. The van der Waals surface area contributed by atoms with Crippen LogP contribution in [0.15, 0.2) is 109 Å². The van der Waals surface area contributed by atoms with Crippen LogP contribution in [0.4, 0.5) is 0 Å². The van der Waals surface area contributed by atoms with E-state index in [-0.39, 0.29) is 55.5 Å². The van der Waals surface area contributed by atoms with E-state index >= 15 is 0 Å². The van der Waals surface area contributed by atoms with Gasteiger partial charge in [0.1, 0.15) is 12.6 Å². The number of ether oxygens (including phenoxy) is 3. The maximum Gasteiger partial charge on any atom is 0.306 e. The highest BCUT2D eigenvalue weighted by Gasteiger charge is 2.25. The second-order valence-corrected chi connectivity index (χ2v) is 16.7. The number of esters is 2.